The quantitative estimate of drug-likeness (QED) is 0.632. The van der Waals surface area contributed by atoms with Crippen LogP contribution in [-0.4, -0.2) is 35.2 Å². The fourth-order valence-electron chi connectivity index (χ4n) is 3.33. The fraction of sp³-hybridized carbons (Fsp3) is 0.350. The summed E-state index contributed by atoms with van der Waals surface area (Å²) in [6, 6.07) is 7.94. The second-order valence-corrected chi connectivity index (χ2v) is 8.33. The first-order chi connectivity index (χ1) is 13.9. The zero-order valence-corrected chi connectivity index (χ0v) is 17.4. The Bertz CT molecular complexity index is 1020. The fourth-order valence-corrected chi connectivity index (χ4v) is 4.21. The molecule has 0 atom stereocenters. The summed E-state index contributed by atoms with van der Waals surface area (Å²) in [5, 5.41) is 0. The van der Waals surface area contributed by atoms with Crippen molar-refractivity contribution in [3.05, 3.63) is 47.0 Å². The average molecular weight is 420 g/mol. The molecule has 156 valence electrons. The van der Waals surface area contributed by atoms with E-state index in [9.17, 15) is 13.2 Å². The molecule has 2 aromatic rings. The molecular weight excluding hydrogens is 396 g/mol. The van der Waals surface area contributed by atoms with Crippen LogP contribution in [0.3, 0.4) is 0 Å². The van der Waals surface area contributed by atoms with Crippen molar-refractivity contribution in [1.82, 2.24) is 10.3 Å². The summed E-state index contributed by atoms with van der Waals surface area (Å²) >= 11 is 0. The van der Waals surface area contributed by atoms with Crippen molar-refractivity contribution in [2.75, 3.05) is 20.8 Å². The predicted octanol–water partition coefficient (Wildman–Crippen LogP) is 1.89. The lowest BCUT2D eigenvalue weighted by Gasteiger charge is -2.13. The van der Waals surface area contributed by atoms with E-state index in [4.69, 9.17) is 14.2 Å². The molecule has 29 heavy (non-hydrogen) atoms. The Hall–Kier alpha value is -2.78. The molecule has 0 unspecified atom stereocenters. The smallest absolute Gasteiger partial charge is 0.272 e. The molecule has 1 aliphatic rings. The highest BCUT2D eigenvalue weighted by molar-refractivity contribution is 7.89. The van der Waals surface area contributed by atoms with E-state index in [2.05, 4.69) is 17.2 Å². The Labute approximate surface area is 170 Å². The molecule has 0 radical (unpaired) electrons. The monoisotopic (exact) mass is 420 g/mol. The van der Waals surface area contributed by atoms with Gasteiger partial charge in [0.05, 0.1) is 19.1 Å². The van der Waals surface area contributed by atoms with Gasteiger partial charge in [-0.05, 0) is 61.1 Å². The van der Waals surface area contributed by atoms with Crippen molar-refractivity contribution in [3.8, 4) is 17.2 Å². The highest BCUT2D eigenvalue weighted by Crippen LogP contribution is 2.33. The number of nitrogens with one attached hydrogen (secondary N) is 2. The summed E-state index contributed by atoms with van der Waals surface area (Å²) in [4.78, 5) is 14.1. The molecule has 1 amide bonds. The van der Waals surface area contributed by atoms with Crippen LogP contribution in [0.2, 0.25) is 0 Å². The highest BCUT2D eigenvalue weighted by Gasteiger charge is 2.20. The Morgan fingerprint density at radius 3 is 2.41 bits per heavy atom. The first kappa shape index (κ1) is 20.9. The van der Waals surface area contributed by atoms with E-state index in [1.165, 1.54) is 43.5 Å². The third-order valence-electron chi connectivity index (χ3n) is 4.82. The molecule has 0 saturated heterocycles. The standard InChI is InChI=1S/C20H24N2O6S/c1-13-7-9-17(16-6-4-5-15(13)16)28-12-20(23)21-22-29(24,25)14-8-10-18(26-2)19(11-14)27-3/h7-11,22H,4-6,12H2,1-3H3,(H,21,23). The second-order valence-electron chi connectivity index (χ2n) is 6.65. The molecule has 0 heterocycles. The van der Waals surface area contributed by atoms with Gasteiger partial charge in [0.15, 0.2) is 18.1 Å². The number of fused-ring (bicyclic) bond motifs is 1. The number of methoxy groups -OCH3 is 2. The largest absolute Gasteiger partial charge is 0.493 e. The third kappa shape index (κ3) is 4.63. The minimum absolute atomic E-state index is 0.0762. The number of carbonyl (C=O) groups excluding carboxylic acids is 1. The molecule has 8 nitrogen and oxygen atoms in total. The van der Waals surface area contributed by atoms with Gasteiger partial charge in [-0.2, -0.15) is 0 Å². The van der Waals surface area contributed by atoms with Gasteiger partial charge in [0.2, 0.25) is 0 Å². The van der Waals surface area contributed by atoms with Crippen molar-refractivity contribution in [2.24, 2.45) is 0 Å². The van der Waals surface area contributed by atoms with Crippen LogP contribution >= 0.6 is 0 Å². The Kier molecular flexibility index (Phi) is 6.29. The summed E-state index contributed by atoms with van der Waals surface area (Å²) < 4.78 is 40.6. The van der Waals surface area contributed by atoms with Crippen LogP contribution in [-0.2, 0) is 27.7 Å². The van der Waals surface area contributed by atoms with Crippen molar-refractivity contribution in [3.63, 3.8) is 0 Å². The van der Waals surface area contributed by atoms with Gasteiger partial charge in [-0.25, -0.2) is 8.42 Å². The molecule has 1 aliphatic carbocycles. The summed E-state index contributed by atoms with van der Waals surface area (Å²) in [6.45, 7) is 1.76. The molecule has 9 heteroatoms. The van der Waals surface area contributed by atoms with E-state index in [-0.39, 0.29) is 17.3 Å². The maximum atomic E-state index is 12.4. The zero-order chi connectivity index (χ0) is 21.0. The number of aryl methyl sites for hydroxylation is 1. The summed E-state index contributed by atoms with van der Waals surface area (Å²) in [5.41, 5.74) is 5.79. The molecule has 2 N–H and O–H groups in total. The third-order valence-corrected chi connectivity index (χ3v) is 6.07. The van der Waals surface area contributed by atoms with Crippen LogP contribution in [0.15, 0.2) is 35.2 Å². The SMILES string of the molecule is COc1ccc(S(=O)(=O)NNC(=O)COc2ccc(C)c3c2CCC3)cc1OC. The maximum Gasteiger partial charge on any atom is 0.272 e. The van der Waals surface area contributed by atoms with Crippen molar-refractivity contribution >= 4 is 15.9 Å². The minimum atomic E-state index is -3.98. The Morgan fingerprint density at radius 1 is 1.00 bits per heavy atom. The van der Waals surface area contributed by atoms with Crippen molar-refractivity contribution in [1.29, 1.82) is 0 Å². The molecular formula is C20H24N2O6S. The number of sulfonamides is 1. The lowest BCUT2D eigenvalue weighted by Crippen LogP contribution is -2.43. The van der Waals surface area contributed by atoms with Gasteiger partial charge in [-0.15, -0.1) is 4.83 Å². The molecule has 2 aromatic carbocycles. The van der Waals surface area contributed by atoms with E-state index in [0.717, 1.165) is 24.8 Å². The number of ether oxygens (including phenoxy) is 3. The number of hydrogen-bond donors (Lipinski definition) is 2. The number of hydrazine groups is 1. The molecule has 0 saturated carbocycles. The predicted molar refractivity (Wildman–Crippen MR) is 107 cm³/mol. The zero-order valence-electron chi connectivity index (χ0n) is 16.6. The Morgan fingerprint density at radius 2 is 1.69 bits per heavy atom. The maximum absolute atomic E-state index is 12.4. The molecule has 0 bridgehead atoms. The summed E-state index contributed by atoms with van der Waals surface area (Å²) in [5.74, 6) is 0.718. The molecule has 3 rings (SSSR count). The highest BCUT2D eigenvalue weighted by atomic mass is 32.2. The van der Waals surface area contributed by atoms with Gasteiger partial charge in [0.25, 0.3) is 15.9 Å². The minimum Gasteiger partial charge on any atom is -0.493 e. The lowest BCUT2D eigenvalue weighted by molar-refractivity contribution is -0.123. The van der Waals surface area contributed by atoms with Crippen LogP contribution in [0.5, 0.6) is 17.2 Å². The molecule has 0 aromatic heterocycles. The van der Waals surface area contributed by atoms with E-state index in [1.807, 2.05) is 12.1 Å². The normalized spacial score (nSPS) is 12.9. The second kappa shape index (κ2) is 8.71. The number of carbonyl (C=O) groups is 1. The van der Waals surface area contributed by atoms with E-state index < -0.39 is 15.9 Å². The van der Waals surface area contributed by atoms with Gasteiger partial charge in [0.1, 0.15) is 5.75 Å². The number of rotatable bonds is 8. The van der Waals surface area contributed by atoms with Crippen LogP contribution < -0.4 is 24.5 Å². The van der Waals surface area contributed by atoms with Gasteiger partial charge in [-0.3, -0.25) is 10.2 Å². The molecule has 0 fully saturated rings. The topological polar surface area (TPSA) is 103 Å². The van der Waals surface area contributed by atoms with Gasteiger partial charge in [0, 0.05) is 6.07 Å². The molecule has 0 aliphatic heterocycles. The first-order valence-electron chi connectivity index (χ1n) is 9.12. The van der Waals surface area contributed by atoms with Gasteiger partial charge >= 0.3 is 0 Å². The summed E-state index contributed by atoms with van der Waals surface area (Å²) in [6.07, 6.45) is 2.99. The van der Waals surface area contributed by atoms with Crippen LogP contribution in [0.1, 0.15) is 23.1 Å². The van der Waals surface area contributed by atoms with Crippen LogP contribution in [0, 0.1) is 6.92 Å². The van der Waals surface area contributed by atoms with E-state index >= 15 is 0 Å². The number of benzene rings is 2. The van der Waals surface area contributed by atoms with E-state index in [1.54, 1.807) is 0 Å². The van der Waals surface area contributed by atoms with E-state index in [0.29, 0.717) is 11.5 Å². The van der Waals surface area contributed by atoms with Crippen LogP contribution in [0.25, 0.3) is 0 Å². The van der Waals surface area contributed by atoms with Gasteiger partial charge < -0.3 is 14.2 Å². The van der Waals surface area contributed by atoms with Crippen molar-refractivity contribution in [2.45, 2.75) is 31.1 Å². The lowest BCUT2D eigenvalue weighted by atomic mass is 10.0. The summed E-state index contributed by atoms with van der Waals surface area (Å²) in [7, 11) is -1.13. The average Bonchev–Trinajstić information content (AvgIpc) is 3.22. The van der Waals surface area contributed by atoms with Crippen LogP contribution in [0.4, 0.5) is 0 Å². The number of amides is 1. The Balaban J connectivity index is 1.60. The molecule has 0 spiro atoms. The number of hydrogen-bond acceptors (Lipinski definition) is 6. The van der Waals surface area contributed by atoms with Crippen molar-refractivity contribution < 1.29 is 27.4 Å². The first-order valence-corrected chi connectivity index (χ1v) is 10.6. The van der Waals surface area contributed by atoms with Gasteiger partial charge in [-0.1, -0.05) is 6.07 Å².